The second-order valence-corrected chi connectivity index (χ2v) is 8.29. The number of rotatable bonds is 12. The molecule has 0 fully saturated rings. The fraction of sp³-hybridized carbons (Fsp3) is 0.538. The summed E-state index contributed by atoms with van der Waals surface area (Å²) < 4.78 is 8.36. The minimum atomic E-state index is 0. The highest BCUT2D eigenvalue weighted by Gasteiger charge is 2.22. The number of halogens is 2. The normalized spacial score (nSPS) is 11.4. The quantitative estimate of drug-likeness (QED) is 0.340. The first-order chi connectivity index (χ1) is 14.0. The molecule has 0 atom stereocenters. The minimum Gasteiger partial charge on any atom is -1.00 e. The molecule has 5 heteroatoms. The molecular weight excluding hydrogens is 516 g/mol. The minimum absolute atomic E-state index is 0. The highest BCUT2D eigenvalue weighted by Crippen LogP contribution is 2.24. The van der Waals surface area contributed by atoms with Crippen molar-refractivity contribution in [2.45, 2.75) is 54.6 Å². The van der Waals surface area contributed by atoms with Gasteiger partial charge in [0, 0.05) is 11.1 Å². The van der Waals surface area contributed by atoms with E-state index in [-0.39, 0.29) is 34.0 Å². The molecule has 0 radical (unpaired) electrons. The summed E-state index contributed by atoms with van der Waals surface area (Å²) in [5.74, 6) is 1.81. The van der Waals surface area contributed by atoms with Gasteiger partial charge in [0.05, 0.1) is 39.3 Å². The van der Waals surface area contributed by atoms with Gasteiger partial charge in [0.1, 0.15) is 24.6 Å². The molecule has 2 aromatic carbocycles. The van der Waals surface area contributed by atoms with Gasteiger partial charge in [-0.05, 0) is 90.1 Å². The Kier molecular flexibility index (Phi) is 13.9. The average Bonchev–Trinajstić information content (AvgIpc) is 2.78. The summed E-state index contributed by atoms with van der Waals surface area (Å²) in [7, 11) is 0. The Morgan fingerprint density at radius 3 is 0.968 bits per heavy atom. The lowest BCUT2D eigenvalue weighted by Gasteiger charge is -2.36. The van der Waals surface area contributed by atoms with E-state index in [9.17, 15) is 0 Å². The Morgan fingerprint density at radius 1 is 0.484 bits per heavy atom. The first-order valence-electron chi connectivity index (χ1n) is 11.5. The molecule has 0 N–H and O–H groups in total. The predicted molar refractivity (Wildman–Crippen MR) is 124 cm³/mol. The Hall–Kier alpha value is -0.880. The first-order valence-corrected chi connectivity index (χ1v) is 11.5. The summed E-state index contributed by atoms with van der Waals surface area (Å²) in [6.07, 6.45) is 0. The maximum atomic E-state index is 6.10. The van der Waals surface area contributed by atoms with Crippen molar-refractivity contribution in [3.05, 3.63) is 59.7 Å². The third kappa shape index (κ3) is 8.20. The third-order valence-electron chi connectivity index (χ3n) is 7.14. The highest BCUT2D eigenvalue weighted by atomic mass is 79.9. The van der Waals surface area contributed by atoms with Crippen LogP contribution < -0.4 is 38.7 Å². The predicted octanol–water partition coefficient (Wildman–Crippen LogP) is 0.240. The molecule has 0 bridgehead atoms. The van der Waals surface area contributed by atoms with Crippen molar-refractivity contribution in [1.82, 2.24) is 0 Å². The number of hydrogen-bond acceptors (Lipinski definition) is 1. The lowest BCUT2D eigenvalue weighted by molar-refractivity contribution is -0.936. The van der Waals surface area contributed by atoms with E-state index < -0.39 is 0 Å². The second kappa shape index (κ2) is 14.3. The molecule has 3 nitrogen and oxygen atoms in total. The van der Waals surface area contributed by atoms with Crippen LogP contribution in [0.3, 0.4) is 0 Å². The van der Waals surface area contributed by atoms with Gasteiger partial charge in [-0.15, -0.1) is 0 Å². The van der Waals surface area contributed by atoms with Gasteiger partial charge in [-0.25, -0.2) is 0 Å². The maximum absolute atomic E-state index is 6.10. The van der Waals surface area contributed by atoms with Crippen LogP contribution in [0.25, 0.3) is 0 Å². The molecule has 0 aliphatic rings. The summed E-state index contributed by atoms with van der Waals surface area (Å²) in [5.41, 5.74) is 2.76. The van der Waals surface area contributed by atoms with Crippen LogP contribution in [0.4, 0.5) is 0 Å². The SMILES string of the molecule is CC[N+](CC)(CC)Cc1ccc(Oc2ccc(C[N+](CC)(CC)CC)cc2)cc1.[Br-].[Br-]. The van der Waals surface area contributed by atoms with Gasteiger partial charge in [0.25, 0.3) is 0 Å². The van der Waals surface area contributed by atoms with E-state index in [1.807, 2.05) is 0 Å². The lowest BCUT2D eigenvalue weighted by atomic mass is 10.1. The van der Waals surface area contributed by atoms with Crippen molar-refractivity contribution in [3.8, 4) is 11.5 Å². The number of quaternary nitrogens is 2. The van der Waals surface area contributed by atoms with Gasteiger partial charge >= 0.3 is 0 Å². The second-order valence-electron chi connectivity index (χ2n) is 8.29. The molecule has 0 aliphatic carbocycles. The number of benzene rings is 2. The summed E-state index contributed by atoms with van der Waals surface area (Å²) in [6, 6.07) is 17.3. The Balaban J connectivity index is 0.00000450. The Labute approximate surface area is 212 Å². The molecule has 0 spiro atoms. The van der Waals surface area contributed by atoms with Crippen molar-refractivity contribution in [2.24, 2.45) is 0 Å². The van der Waals surface area contributed by atoms with Crippen molar-refractivity contribution in [1.29, 1.82) is 0 Å². The number of nitrogens with zero attached hydrogens (tertiary/aromatic N) is 2. The third-order valence-corrected chi connectivity index (χ3v) is 7.14. The Bertz CT molecular complexity index is 644. The van der Waals surface area contributed by atoms with E-state index in [0.29, 0.717) is 0 Å². The van der Waals surface area contributed by atoms with Crippen LogP contribution in [-0.2, 0) is 13.1 Å². The molecule has 2 rings (SSSR count). The van der Waals surface area contributed by atoms with E-state index in [1.54, 1.807) is 0 Å². The number of ether oxygens (including phenoxy) is 1. The Morgan fingerprint density at radius 2 is 0.742 bits per heavy atom. The van der Waals surface area contributed by atoms with E-state index in [0.717, 1.165) is 33.6 Å². The molecule has 0 amide bonds. The van der Waals surface area contributed by atoms with Gasteiger partial charge in [0.15, 0.2) is 0 Å². The van der Waals surface area contributed by atoms with Crippen molar-refractivity contribution in [2.75, 3.05) is 39.3 Å². The van der Waals surface area contributed by atoms with Crippen molar-refractivity contribution >= 4 is 0 Å². The van der Waals surface area contributed by atoms with Crippen LogP contribution in [0.5, 0.6) is 11.5 Å². The molecule has 0 aromatic heterocycles. The van der Waals surface area contributed by atoms with Gasteiger partial charge < -0.3 is 47.7 Å². The van der Waals surface area contributed by atoms with Crippen molar-refractivity contribution < 1.29 is 47.7 Å². The molecule has 0 unspecified atom stereocenters. The molecular formula is C26H42Br2N2O. The summed E-state index contributed by atoms with van der Waals surface area (Å²) >= 11 is 0. The highest BCUT2D eigenvalue weighted by molar-refractivity contribution is 5.34. The zero-order valence-electron chi connectivity index (χ0n) is 20.3. The lowest BCUT2D eigenvalue weighted by Crippen LogP contribution is -3.00. The summed E-state index contributed by atoms with van der Waals surface area (Å²) in [6.45, 7) is 23.0. The van der Waals surface area contributed by atoms with E-state index in [4.69, 9.17) is 4.74 Å². The molecule has 0 saturated carbocycles. The molecule has 31 heavy (non-hydrogen) atoms. The van der Waals surface area contributed by atoms with Gasteiger partial charge in [0.2, 0.25) is 0 Å². The van der Waals surface area contributed by atoms with Crippen LogP contribution in [-0.4, -0.2) is 48.2 Å². The van der Waals surface area contributed by atoms with Crippen LogP contribution >= 0.6 is 0 Å². The number of hydrogen-bond donors (Lipinski definition) is 0. The molecule has 2 aromatic rings. The van der Waals surface area contributed by atoms with Crippen LogP contribution in [0.2, 0.25) is 0 Å². The van der Waals surface area contributed by atoms with Gasteiger partial charge in [-0.2, -0.15) is 0 Å². The zero-order chi connectivity index (χ0) is 21.3. The van der Waals surface area contributed by atoms with Crippen molar-refractivity contribution in [3.63, 3.8) is 0 Å². The maximum Gasteiger partial charge on any atom is 0.127 e. The van der Waals surface area contributed by atoms with Gasteiger partial charge in [-0.3, -0.25) is 0 Å². The topological polar surface area (TPSA) is 9.23 Å². The smallest absolute Gasteiger partial charge is 0.127 e. The standard InChI is InChI=1S/C26H42N2O.2BrH/c1-7-27(8-2,9-3)21-23-13-17-25(18-14-23)29-26-19-15-24(16-20-26)22-28(10-4,11-5)12-6;;/h13-20H,7-12,21-22H2,1-6H3;2*1H/q+2;;/p-2. The van der Waals surface area contributed by atoms with Crippen LogP contribution in [0, 0.1) is 0 Å². The fourth-order valence-corrected chi connectivity index (χ4v) is 4.25. The van der Waals surface area contributed by atoms with Crippen LogP contribution in [0.1, 0.15) is 52.7 Å². The molecule has 176 valence electrons. The fourth-order valence-electron chi connectivity index (χ4n) is 4.25. The van der Waals surface area contributed by atoms with E-state index in [1.165, 1.54) is 50.4 Å². The van der Waals surface area contributed by atoms with Gasteiger partial charge in [-0.1, -0.05) is 0 Å². The van der Waals surface area contributed by atoms with Crippen LogP contribution in [0.15, 0.2) is 48.5 Å². The monoisotopic (exact) mass is 556 g/mol. The average molecular weight is 558 g/mol. The summed E-state index contributed by atoms with van der Waals surface area (Å²) in [5, 5.41) is 0. The molecule has 0 saturated heterocycles. The largest absolute Gasteiger partial charge is 1.00 e. The zero-order valence-corrected chi connectivity index (χ0v) is 23.5. The molecule has 0 heterocycles. The summed E-state index contributed by atoms with van der Waals surface area (Å²) in [4.78, 5) is 0. The molecule has 0 aliphatic heterocycles. The first kappa shape index (κ1) is 30.1. The van der Waals surface area contributed by atoms with E-state index >= 15 is 0 Å². The van der Waals surface area contributed by atoms with E-state index in [2.05, 4.69) is 90.1 Å².